The molecular formula is C13H16N4O2S. The number of aromatic nitrogens is 4. The molecule has 0 radical (unpaired) electrons. The Morgan fingerprint density at radius 2 is 2.05 bits per heavy atom. The van der Waals surface area contributed by atoms with Gasteiger partial charge < -0.3 is 0 Å². The molecule has 0 saturated heterocycles. The van der Waals surface area contributed by atoms with Gasteiger partial charge in [0, 0.05) is 0 Å². The second-order valence-corrected chi connectivity index (χ2v) is 6.93. The highest BCUT2D eigenvalue weighted by Crippen LogP contribution is 2.25. The molecule has 1 aliphatic carbocycles. The molecule has 20 heavy (non-hydrogen) atoms. The maximum Gasteiger partial charge on any atom is 0.190 e. The Kier molecular flexibility index (Phi) is 3.29. The van der Waals surface area contributed by atoms with Crippen molar-refractivity contribution in [3.8, 4) is 0 Å². The Bertz CT molecular complexity index is 737. The maximum absolute atomic E-state index is 12.4. The van der Waals surface area contributed by atoms with E-state index in [1.165, 1.54) is 10.4 Å². The van der Waals surface area contributed by atoms with Crippen LogP contribution in [0.2, 0.25) is 0 Å². The van der Waals surface area contributed by atoms with Crippen molar-refractivity contribution in [3.63, 3.8) is 0 Å². The molecule has 1 heterocycles. The van der Waals surface area contributed by atoms with Crippen molar-refractivity contribution in [2.24, 2.45) is 0 Å². The summed E-state index contributed by atoms with van der Waals surface area (Å²) in [4.78, 5) is 1.74. The first-order valence-corrected chi connectivity index (χ1v) is 8.35. The Hall–Kier alpha value is -1.76. The van der Waals surface area contributed by atoms with Crippen LogP contribution < -0.4 is 0 Å². The van der Waals surface area contributed by atoms with Crippen LogP contribution in [0.15, 0.2) is 23.1 Å². The fourth-order valence-corrected chi connectivity index (χ4v) is 3.68. The molecule has 0 amide bonds. The highest BCUT2D eigenvalue weighted by atomic mass is 32.2. The first kappa shape index (κ1) is 13.2. The van der Waals surface area contributed by atoms with E-state index in [1.54, 1.807) is 12.1 Å². The van der Waals surface area contributed by atoms with Crippen LogP contribution >= 0.6 is 0 Å². The number of rotatable bonds is 4. The average molecular weight is 292 g/mol. The highest BCUT2D eigenvalue weighted by molar-refractivity contribution is 7.90. The summed E-state index contributed by atoms with van der Waals surface area (Å²) in [5.74, 6) is 0.0403. The van der Waals surface area contributed by atoms with Gasteiger partial charge in [-0.05, 0) is 54.7 Å². The summed E-state index contributed by atoms with van der Waals surface area (Å²) < 4.78 is 24.8. The number of hydrogen-bond donors (Lipinski definition) is 0. The van der Waals surface area contributed by atoms with Gasteiger partial charge in [0.15, 0.2) is 15.7 Å². The fraction of sp³-hybridized carbons (Fsp3) is 0.462. The van der Waals surface area contributed by atoms with E-state index >= 15 is 0 Å². The summed E-state index contributed by atoms with van der Waals surface area (Å²) in [6.45, 7) is 2.45. The van der Waals surface area contributed by atoms with Gasteiger partial charge in [0.05, 0.1) is 11.4 Å². The lowest BCUT2D eigenvalue weighted by Gasteiger charge is -2.05. The lowest BCUT2D eigenvalue weighted by Crippen LogP contribution is -2.07. The predicted molar refractivity (Wildman–Crippen MR) is 72.8 cm³/mol. The molecule has 1 aliphatic rings. The van der Waals surface area contributed by atoms with E-state index in [4.69, 9.17) is 0 Å². The van der Waals surface area contributed by atoms with Crippen LogP contribution in [0.25, 0.3) is 0 Å². The van der Waals surface area contributed by atoms with E-state index in [9.17, 15) is 8.42 Å². The highest BCUT2D eigenvalue weighted by Gasteiger charge is 2.21. The Labute approximate surface area is 117 Å². The molecule has 0 unspecified atom stereocenters. The van der Waals surface area contributed by atoms with E-state index in [-0.39, 0.29) is 11.6 Å². The molecule has 1 aromatic carbocycles. The van der Waals surface area contributed by atoms with Crippen molar-refractivity contribution in [2.45, 2.75) is 43.4 Å². The zero-order valence-electron chi connectivity index (χ0n) is 11.3. The predicted octanol–water partition coefficient (Wildman–Crippen LogP) is 1.16. The molecule has 2 aromatic rings. The maximum atomic E-state index is 12.4. The van der Waals surface area contributed by atoms with Crippen LogP contribution in [0.4, 0.5) is 0 Å². The SMILES string of the molecule is CCn1nnc(CS(=O)(=O)c2ccc3c(c2)CCC3)n1. The summed E-state index contributed by atoms with van der Waals surface area (Å²) in [6.07, 6.45) is 3.11. The van der Waals surface area contributed by atoms with Crippen LogP contribution in [0, 0.1) is 0 Å². The van der Waals surface area contributed by atoms with Crippen molar-refractivity contribution in [1.82, 2.24) is 20.2 Å². The van der Waals surface area contributed by atoms with Gasteiger partial charge in [-0.25, -0.2) is 8.42 Å². The standard InChI is InChI=1S/C13H16N4O2S/c1-2-17-15-13(14-16-17)9-20(18,19)12-7-6-10-4-3-5-11(10)8-12/h6-8H,2-5,9H2,1H3. The van der Waals surface area contributed by atoms with Crippen molar-refractivity contribution in [2.75, 3.05) is 0 Å². The van der Waals surface area contributed by atoms with Crippen LogP contribution in [-0.2, 0) is 35.0 Å². The molecule has 3 rings (SSSR count). The number of hydrogen-bond acceptors (Lipinski definition) is 5. The molecule has 1 aromatic heterocycles. The largest absolute Gasteiger partial charge is 0.223 e. The monoisotopic (exact) mass is 292 g/mol. The quantitative estimate of drug-likeness (QED) is 0.845. The molecule has 0 atom stereocenters. The molecule has 0 spiro atoms. The number of fused-ring (bicyclic) bond motifs is 1. The second kappa shape index (κ2) is 4.97. The number of tetrazole rings is 1. The topological polar surface area (TPSA) is 77.7 Å². The molecule has 7 heteroatoms. The molecule has 0 bridgehead atoms. The average Bonchev–Trinajstić information content (AvgIpc) is 3.05. The zero-order chi connectivity index (χ0) is 14.2. The van der Waals surface area contributed by atoms with Gasteiger partial charge in [0.2, 0.25) is 0 Å². The molecular weight excluding hydrogens is 276 g/mol. The molecule has 0 N–H and O–H groups in total. The second-order valence-electron chi connectivity index (χ2n) is 4.94. The fourth-order valence-electron chi connectivity index (χ4n) is 2.46. The van der Waals surface area contributed by atoms with E-state index in [1.807, 2.05) is 13.0 Å². The molecule has 106 valence electrons. The van der Waals surface area contributed by atoms with Crippen LogP contribution in [-0.4, -0.2) is 28.6 Å². The summed E-state index contributed by atoms with van der Waals surface area (Å²) in [5, 5.41) is 11.6. The summed E-state index contributed by atoms with van der Waals surface area (Å²) in [5.41, 5.74) is 2.41. The summed E-state index contributed by atoms with van der Waals surface area (Å²) in [6, 6.07) is 5.40. The van der Waals surface area contributed by atoms with Gasteiger partial charge in [0.1, 0.15) is 5.75 Å². The normalized spacial score (nSPS) is 14.4. The van der Waals surface area contributed by atoms with Gasteiger partial charge in [0.25, 0.3) is 0 Å². The van der Waals surface area contributed by atoms with Crippen LogP contribution in [0.1, 0.15) is 30.3 Å². The first-order valence-electron chi connectivity index (χ1n) is 6.70. The lowest BCUT2D eigenvalue weighted by atomic mass is 10.1. The van der Waals surface area contributed by atoms with Gasteiger partial charge >= 0.3 is 0 Å². The number of benzene rings is 1. The minimum atomic E-state index is -3.41. The third-order valence-corrected chi connectivity index (χ3v) is 5.14. The van der Waals surface area contributed by atoms with E-state index in [2.05, 4.69) is 15.4 Å². The van der Waals surface area contributed by atoms with Gasteiger partial charge in [-0.15, -0.1) is 10.2 Å². The van der Waals surface area contributed by atoms with Crippen molar-refractivity contribution in [3.05, 3.63) is 35.2 Å². The van der Waals surface area contributed by atoms with E-state index in [0.29, 0.717) is 11.4 Å². The Morgan fingerprint density at radius 1 is 1.25 bits per heavy atom. The van der Waals surface area contributed by atoms with E-state index in [0.717, 1.165) is 24.8 Å². The number of aryl methyl sites for hydroxylation is 3. The smallest absolute Gasteiger partial charge is 0.190 e. The van der Waals surface area contributed by atoms with Crippen LogP contribution in [0.3, 0.4) is 0 Å². The lowest BCUT2D eigenvalue weighted by molar-refractivity contribution is 0.550. The number of nitrogens with zero attached hydrogens (tertiary/aromatic N) is 4. The molecule has 0 saturated carbocycles. The third kappa shape index (κ3) is 2.45. The molecule has 0 fully saturated rings. The van der Waals surface area contributed by atoms with Crippen molar-refractivity contribution < 1.29 is 8.42 Å². The van der Waals surface area contributed by atoms with Gasteiger partial charge in [-0.2, -0.15) is 4.80 Å². The molecule has 0 aliphatic heterocycles. The van der Waals surface area contributed by atoms with Crippen molar-refractivity contribution in [1.29, 1.82) is 0 Å². The van der Waals surface area contributed by atoms with Gasteiger partial charge in [-0.1, -0.05) is 6.07 Å². The minimum Gasteiger partial charge on any atom is -0.223 e. The van der Waals surface area contributed by atoms with E-state index < -0.39 is 9.84 Å². The van der Waals surface area contributed by atoms with Crippen LogP contribution in [0.5, 0.6) is 0 Å². The summed E-state index contributed by atoms with van der Waals surface area (Å²) >= 11 is 0. The third-order valence-electron chi connectivity index (χ3n) is 3.53. The number of sulfone groups is 1. The van der Waals surface area contributed by atoms with Gasteiger partial charge in [-0.3, -0.25) is 0 Å². The summed E-state index contributed by atoms with van der Waals surface area (Å²) in [7, 11) is -3.41. The zero-order valence-corrected chi connectivity index (χ0v) is 12.1. The Morgan fingerprint density at radius 3 is 2.80 bits per heavy atom. The van der Waals surface area contributed by atoms with Crippen molar-refractivity contribution >= 4 is 9.84 Å². The minimum absolute atomic E-state index is 0.203. The molecule has 6 nitrogen and oxygen atoms in total. The Balaban J connectivity index is 1.88. The first-order chi connectivity index (χ1) is 9.58.